The van der Waals surface area contributed by atoms with E-state index in [0.717, 1.165) is 12.8 Å². The number of esters is 1. The summed E-state index contributed by atoms with van der Waals surface area (Å²) >= 11 is 0. The van der Waals surface area contributed by atoms with Gasteiger partial charge in [0.1, 0.15) is 11.8 Å². The SMILES string of the molecule is CCOC(=O)C1CCCCN1C(=O)c1ccoc1CC. The summed E-state index contributed by atoms with van der Waals surface area (Å²) in [6.45, 7) is 4.65. The van der Waals surface area contributed by atoms with E-state index in [9.17, 15) is 9.59 Å². The molecule has 1 atom stereocenters. The molecule has 0 aromatic carbocycles. The Morgan fingerprint density at radius 3 is 2.90 bits per heavy atom. The summed E-state index contributed by atoms with van der Waals surface area (Å²) in [5.41, 5.74) is 0.559. The van der Waals surface area contributed by atoms with Crippen LogP contribution in [-0.4, -0.2) is 36.0 Å². The number of amides is 1. The summed E-state index contributed by atoms with van der Waals surface area (Å²) in [5, 5.41) is 0. The summed E-state index contributed by atoms with van der Waals surface area (Å²) in [7, 11) is 0. The lowest BCUT2D eigenvalue weighted by molar-refractivity contribution is -0.149. The molecule has 0 saturated carbocycles. The Labute approximate surface area is 118 Å². The maximum Gasteiger partial charge on any atom is 0.328 e. The maximum absolute atomic E-state index is 12.6. The van der Waals surface area contributed by atoms with Crippen molar-refractivity contribution in [3.63, 3.8) is 0 Å². The highest BCUT2D eigenvalue weighted by Crippen LogP contribution is 2.23. The van der Waals surface area contributed by atoms with Gasteiger partial charge in [0, 0.05) is 13.0 Å². The molecule has 1 aromatic rings. The Balaban J connectivity index is 2.19. The zero-order chi connectivity index (χ0) is 14.5. The van der Waals surface area contributed by atoms with Gasteiger partial charge in [0.15, 0.2) is 0 Å². The van der Waals surface area contributed by atoms with Crippen LogP contribution in [0.1, 0.15) is 49.2 Å². The van der Waals surface area contributed by atoms with Crippen LogP contribution in [0.15, 0.2) is 16.7 Å². The monoisotopic (exact) mass is 279 g/mol. The largest absolute Gasteiger partial charge is 0.469 e. The number of carbonyl (C=O) groups is 2. The van der Waals surface area contributed by atoms with E-state index in [-0.39, 0.29) is 11.9 Å². The topological polar surface area (TPSA) is 59.8 Å². The lowest BCUT2D eigenvalue weighted by atomic mass is 10.0. The number of hydrogen-bond acceptors (Lipinski definition) is 4. The van der Waals surface area contributed by atoms with Crippen molar-refractivity contribution in [2.45, 2.75) is 45.6 Å². The number of aryl methyl sites for hydroxylation is 1. The van der Waals surface area contributed by atoms with Gasteiger partial charge in [-0.15, -0.1) is 0 Å². The molecule has 2 heterocycles. The molecule has 1 fully saturated rings. The maximum atomic E-state index is 12.6. The number of ether oxygens (including phenoxy) is 1. The van der Waals surface area contributed by atoms with Crippen molar-refractivity contribution in [3.05, 3.63) is 23.7 Å². The molecule has 20 heavy (non-hydrogen) atoms. The zero-order valence-electron chi connectivity index (χ0n) is 12.1. The van der Waals surface area contributed by atoms with E-state index in [4.69, 9.17) is 9.15 Å². The normalized spacial score (nSPS) is 18.9. The highest BCUT2D eigenvalue weighted by atomic mass is 16.5. The van der Waals surface area contributed by atoms with Crippen LogP contribution < -0.4 is 0 Å². The number of carbonyl (C=O) groups excluding carboxylic acids is 2. The van der Waals surface area contributed by atoms with Gasteiger partial charge >= 0.3 is 5.97 Å². The predicted octanol–water partition coefficient (Wildman–Crippen LogP) is 2.40. The summed E-state index contributed by atoms with van der Waals surface area (Å²) < 4.78 is 10.4. The molecule has 0 spiro atoms. The molecule has 0 aliphatic carbocycles. The molecule has 1 aromatic heterocycles. The highest BCUT2D eigenvalue weighted by Gasteiger charge is 2.34. The molecule has 5 heteroatoms. The van der Waals surface area contributed by atoms with Crippen molar-refractivity contribution in [1.29, 1.82) is 0 Å². The smallest absolute Gasteiger partial charge is 0.328 e. The summed E-state index contributed by atoms with van der Waals surface area (Å²) in [4.78, 5) is 26.2. The molecule has 110 valence electrons. The Bertz CT molecular complexity index is 480. The zero-order valence-corrected chi connectivity index (χ0v) is 12.1. The highest BCUT2D eigenvalue weighted by molar-refractivity contribution is 5.97. The molecule has 1 aliphatic rings. The lowest BCUT2D eigenvalue weighted by Crippen LogP contribution is -2.48. The average Bonchev–Trinajstić information content (AvgIpc) is 2.95. The number of rotatable bonds is 4. The average molecular weight is 279 g/mol. The van der Waals surface area contributed by atoms with E-state index in [1.807, 2.05) is 6.92 Å². The van der Waals surface area contributed by atoms with Gasteiger partial charge in [0.2, 0.25) is 0 Å². The van der Waals surface area contributed by atoms with Crippen LogP contribution in [0.2, 0.25) is 0 Å². The fourth-order valence-corrected chi connectivity index (χ4v) is 2.62. The lowest BCUT2D eigenvalue weighted by Gasteiger charge is -2.33. The Morgan fingerprint density at radius 2 is 2.20 bits per heavy atom. The Hall–Kier alpha value is -1.78. The van der Waals surface area contributed by atoms with Crippen molar-refractivity contribution in [3.8, 4) is 0 Å². The second-order valence-electron chi connectivity index (χ2n) is 4.87. The van der Waals surface area contributed by atoms with Gasteiger partial charge in [-0.1, -0.05) is 6.92 Å². The number of furan rings is 1. The van der Waals surface area contributed by atoms with E-state index in [1.165, 1.54) is 6.26 Å². The first-order chi connectivity index (χ1) is 9.69. The third-order valence-electron chi connectivity index (χ3n) is 3.62. The van der Waals surface area contributed by atoms with Gasteiger partial charge in [0.25, 0.3) is 5.91 Å². The molecular weight excluding hydrogens is 258 g/mol. The fraction of sp³-hybridized carbons (Fsp3) is 0.600. The first-order valence-corrected chi connectivity index (χ1v) is 7.23. The van der Waals surface area contributed by atoms with Gasteiger partial charge in [0.05, 0.1) is 18.4 Å². The van der Waals surface area contributed by atoms with Crippen molar-refractivity contribution < 1.29 is 18.7 Å². The van der Waals surface area contributed by atoms with Crippen LogP contribution in [0.25, 0.3) is 0 Å². The summed E-state index contributed by atoms with van der Waals surface area (Å²) in [6, 6.07) is 1.22. The van der Waals surface area contributed by atoms with Crippen LogP contribution in [0.5, 0.6) is 0 Å². The van der Waals surface area contributed by atoms with E-state index >= 15 is 0 Å². The number of likely N-dealkylation sites (tertiary alicyclic amines) is 1. The van der Waals surface area contributed by atoms with Crippen molar-refractivity contribution in [1.82, 2.24) is 4.90 Å². The number of piperidine rings is 1. The predicted molar refractivity (Wildman–Crippen MR) is 73.4 cm³/mol. The molecule has 1 saturated heterocycles. The molecule has 2 rings (SSSR count). The molecule has 1 aliphatic heterocycles. The number of nitrogens with zero attached hydrogens (tertiary/aromatic N) is 1. The van der Waals surface area contributed by atoms with Gasteiger partial charge in [-0.2, -0.15) is 0 Å². The van der Waals surface area contributed by atoms with Crippen molar-refractivity contribution >= 4 is 11.9 Å². The van der Waals surface area contributed by atoms with E-state index in [0.29, 0.717) is 37.3 Å². The minimum absolute atomic E-state index is 0.131. The van der Waals surface area contributed by atoms with Crippen LogP contribution >= 0.6 is 0 Å². The van der Waals surface area contributed by atoms with Gasteiger partial charge in [-0.3, -0.25) is 4.79 Å². The third kappa shape index (κ3) is 2.86. The van der Waals surface area contributed by atoms with Gasteiger partial charge in [-0.25, -0.2) is 4.79 Å². The molecule has 1 unspecified atom stereocenters. The molecule has 1 amide bonds. The molecule has 0 bridgehead atoms. The first kappa shape index (κ1) is 14.6. The third-order valence-corrected chi connectivity index (χ3v) is 3.62. The Morgan fingerprint density at radius 1 is 1.40 bits per heavy atom. The molecule has 0 N–H and O–H groups in total. The number of hydrogen-bond donors (Lipinski definition) is 0. The molecule has 0 radical (unpaired) electrons. The molecular formula is C15H21NO4. The Kier molecular flexibility index (Phi) is 4.82. The van der Waals surface area contributed by atoms with Crippen molar-refractivity contribution in [2.24, 2.45) is 0 Å². The minimum Gasteiger partial charge on any atom is -0.469 e. The van der Waals surface area contributed by atoms with E-state index in [1.54, 1.807) is 17.9 Å². The van der Waals surface area contributed by atoms with E-state index < -0.39 is 6.04 Å². The minimum atomic E-state index is -0.462. The first-order valence-electron chi connectivity index (χ1n) is 7.23. The van der Waals surface area contributed by atoms with Crippen LogP contribution in [0, 0.1) is 0 Å². The van der Waals surface area contributed by atoms with Crippen LogP contribution in [0.4, 0.5) is 0 Å². The van der Waals surface area contributed by atoms with Gasteiger partial charge < -0.3 is 14.1 Å². The van der Waals surface area contributed by atoms with Crippen LogP contribution in [0.3, 0.4) is 0 Å². The van der Waals surface area contributed by atoms with Crippen LogP contribution in [-0.2, 0) is 16.0 Å². The standard InChI is InChI=1S/C15H21NO4/c1-3-13-11(8-10-20-13)14(17)16-9-6-5-7-12(16)15(18)19-4-2/h8,10,12H,3-7,9H2,1-2H3. The van der Waals surface area contributed by atoms with E-state index in [2.05, 4.69) is 0 Å². The second-order valence-corrected chi connectivity index (χ2v) is 4.87. The molecule has 5 nitrogen and oxygen atoms in total. The van der Waals surface area contributed by atoms with Crippen molar-refractivity contribution in [2.75, 3.05) is 13.2 Å². The fourth-order valence-electron chi connectivity index (χ4n) is 2.62. The van der Waals surface area contributed by atoms with Gasteiger partial charge in [-0.05, 0) is 32.3 Å². The quantitative estimate of drug-likeness (QED) is 0.794. The second kappa shape index (κ2) is 6.59. The summed E-state index contributed by atoms with van der Waals surface area (Å²) in [5.74, 6) is 0.235. The summed E-state index contributed by atoms with van der Waals surface area (Å²) in [6.07, 6.45) is 4.71.